The van der Waals surface area contributed by atoms with Crippen molar-refractivity contribution in [1.29, 1.82) is 0 Å². The molecule has 0 radical (unpaired) electrons. The Morgan fingerprint density at radius 1 is 0.556 bits per heavy atom. The summed E-state index contributed by atoms with van der Waals surface area (Å²) >= 11 is 0. The third-order valence-corrected chi connectivity index (χ3v) is 13.0. The van der Waals surface area contributed by atoms with Crippen LogP contribution in [0.5, 0.6) is 0 Å². The predicted octanol–water partition coefficient (Wildman–Crippen LogP) is 1.61. The Hall–Kier alpha value is -5.37. The Bertz CT molecular complexity index is 2420. The Labute approximate surface area is 417 Å². The van der Waals surface area contributed by atoms with E-state index in [1.807, 2.05) is 97.9 Å². The van der Waals surface area contributed by atoms with E-state index in [1.54, 1.807) is 0 Å². The van der Waals surface area contributed by atoms with Gasteiger partial charge in [0.05, 0.1) is 76.2 Å². The maximum Gasteiger partial charge on any atom is 0.189 e. The molecule has 72 heavy (non-hydrogen) atoms. The molecule has 386 valence electrons. The number of aliphatic hydroxyl groups is 8. The van der Waals surface area contributed by atoms with Gasteiger partial charge in [-0.15, -0.1) is 0 Å². The van der Waals surface area contributed by atoms with Crippen LogP contribution in [0, 0.1) is 19.7 Å². The van der Waals surface area contributed by atoms with Gasteiger partial charge < -0.3 is 59.8 Å². The van der Waals surface area contributed by atoms with Crippen molar-refractivity contribution in [2.45, 2.75) is 136 Å². The second kappa shape index (κ2) is 25.5. The molecule has 0 spiro atoms. The molecule has 4 heterocycles. The number of hydroxylamine groups is 3. The molecule has 21 nitrogen and oxygen atoms in total. The van der Waals surface area contributed by atoms with E-state index in [1.165, 1.54) is 25.3 Å². The lowest BCUT2D eigenvalue weighted by Crippen LogP contribution is -2.68. The van der Waals surface area contributed by atoms with Crippen LogP contribution < -0.4 is 16.4 Å². The van der Waals surface area contributed by atoms with Crippen molar-refractivity contribution in [3.8, 4) is 0 Å². The molecule has 3 aromatic carbocycles. The summed E-state index contributed by atoms with van der Waals surface area (Å²) in [6.45, 7) is 24.8. The van der Waals surface area contributed by atoms with Crippen molar-refractivity contribution in [3.63, 3.8) is 0 Å². The number of nitrogens with one attached hydrogen (secondary N) is 3. The maximum absolute atomic E-state index is 10.6. The van der Waals surface area contributed by atoms with Crippen LogP contribution in [0.4, 0.5) is 0 Å². The average molecular weight is 999 g/mol. The van der Waals surface area contributed by atoms with E-state index in [0.717, 1.165) is 23.8 Å². The summed E-state index contributed by atoms with van der Waals surface area (Å²) in [6, 6.07) is 28.6. The highest BCUT2D eigenvalue weighted by Crippen LogP contribution is 2.44. The van der Waals surface area contributed by atoms with Crippen LogP contribution in [-0.4, -0.2) is 145 Å². The quantitative estimate of drug-likeness (QED) is 0.0858. The molecule has 0 amide bonds. The number of aliphatic hydroxyl groups excluding tert-OH is 8. The van der Waals surface area contributed by atoms with Gasteiger partial charge in [-0.25, -0.2) is 14.5 Å². The van der Waals surface area contributed by atoms with Crippen LogP contribution in [-0.2, 0) is 53.3 Å². The maximum atomic E-state index is 10.6. The largest absolute Gasteiger partial charge is 0.400 e. The summed E-state index contributed by atoms with van der Waals surface area (Å²) in [5, 5.41) is 78.4. The number of rotatable bonds is 13. The number of fused-ring (bicyclic) bond motifs is 6. The fourth-order valence-electron chi connectivity index (χ4n) is 9.44. The Balaban J connectivity index is 0.000000173. The number of benzene rings is 3. The van der Waals surface area contributed by atoms with Crippen LogP contribution in [0.3, 0.4) is 0 Å². The fraction of sp³-hybridized carbons (Fsp3) is 0.471. The number of hydrogen-bond donors (Lipinski definition) is 11. The molecule has 3 saturated heterocycles. The van der Waals surface area contributed by atoms with Gasteiger partial charge in [0.2, 0.25) is 0 Å². The Morgan fingerprint density at radius 2 is 1.00 bits per heavy atom. The second-order valence-corrected chi connectivity index (χ2v) is 17.7. The third-order valence-electron chi connectivity index (χ3n) is 13.0. The van der Waals surface area contributed by atoms with Gasteiger partial charge in [0, 0.05) is 27.1 Å². The van der Waals surface area contributed by atoms with E-state index >= 15 is 0 Å². The first-order valence-corrected chi connectivity index (χ1v) is 23.0. The van der Waals surface area contributed by atoms with E-state index in [9.17, 15) is 35.7 Å². The Morgan fingerprint density at radius 3 is 1.49 bits per heavy atom. The summed E-state index contributed by atoms with van der Waals surface area (Å²) in [6.07, 6.45) is -6.80. The highest BCUT2D eigenvalue weighted by Gasteiger charge is 2.60. The lowest BCUT2D eigenvalue weighted by atomic mass is 9.73. The van der Waals surface area contributed by atoms with Crippen LogP contribution >= 0.6 is 0 Å². The molecule has 7 aliphatic rings. The lowest BCUT2D eigenvalue weighted by molar-refractivity contribution is -0.206. The van der Waals surface area contributed by atoms with Crippen LogP contribution in [0.25, 0.3) is 14.5 Å². The second-order valence-electron chi connectivity index (χ2n) is 17.7. The number of hydrogen-bond acceptors (Lipinski definition) is 18. The minimum Gasteiger partial charge on any atom is -0.400 e. The summed E-state index contributed by atoms with van der Waals surface area (Å²) in [7, 11) is 2.49. The van der Waals surface area contributed by atoms with Crippen molar-refractivity contribution in [3.05, 3.63) is 177 Å². The summed E-state index contributed by atoms with van der Waals surface area (Å²) in [5.74, 6) is 0. The molecule has 4 bridgehead atoms. The van der Waals surface area contributed by atoms with Crippen LogP contribution in [0.2, 0.25) is 0 Å². The van der Waals surface area contributed by atoms with Gasteiger partial charge in [0.15, 0.2) is 29.7 Å². The van der Waals surface area contributed by atoms with Crippen LogP contribution in [0.15, 0.2) is 126 Å². The molecule has 0 saturated carbocycles. The Kier molecular flexibility index (Phi) is 19.8. The molecular formula is C51H62N6O15. The third kappa shape index (κ3) is 12.2. The summed E-state index contributed by atoms with van der Waals surface area (Å²) in [5.41, 5.74) is 8.47. The van der Waals surface area contributed by atoms with Crippen LogP contribution in [0.1, 0.15) is 42.9 Å². The monoisotopic (exact) mass is 998 g/mol. The molecule has 21 heteroatoms. The first kappa shape index (κ1) is 55.9. The van der Waals surface area contributed by atoms with E-state index in [0.29, 0.717) is 19.4 Å². The first-order valence-electron chi connectivity index (χ1n) is 23.0. The minimum absolute atomic E-state index is 0.106. The molecule has 6 unspecified atom stereocenters. The van der Waals surface area contributed by atoms with E-state index < -0.39 is 84.1 Å². The lowest BCUT2D eigenvalue weighted by Gasteiger charge is -2.50. The zero-order valence-electron chi connectivity index (χ0n) is 39.8. The average Bonchev–Trinajstić information content (AvgIpc) is 3.68. The normalized spacial score (nSPS) is 34.9. The van der Waals surface area contributed by atoms with Crippen molar-refractivity contribution in [2.75, 3.05) is 14.2 Å². The van der Waals surface area contributed by atoms with E-state index in [-0.39, 0.29) is 42.8 Å². The molecule has 3 aliphatic carbocycles. The zero-order chi connectivity index (χ0) is 52.1. The highest BCUT2D eigenvalue weighted by atomic mass is 16.7. The SMILES string of the molecule is CO.[C-]#[N+]C1=CC(O)[C@@H](O)C2O[C@H](OC)C[C@]12NOCc1ccccc1.[C-]#[N+]C1=CC(O)[C@H]2O[C@@H](C)C[C@@]1(NOCc1ccccc1)C2O.[C-]#[N+]C1=CC2O[C@@H](O)C[C@]1(NOCc1ccccc1)C(O)[C@@H]2O. The molecule has 3 aromatic rings. The highest BCUT2D eigenvalue weighted by molar-refractivity contribution is 5.38. The minimum atomic E-state index is -1.41. The molecule has 3 fully saturated rings. The number of ether oxygens (including phenoxy) is 4. The van der Waals surface area contributed by atoms with E-state index in [2.05, 4.69) is 31.0 Å². The van der Waals surface area contributed by atoms with Crippen molar-refractivity contribution < 1.29 is 74.3 Å². The van der Waals surface area contributed by atoms with Crippen molar-refractivity contribution in [1.82, 2.24) is 16.4 Å². The van der Waals surface area contributed by atoms with Gasteiger partial charge in [-0.3, -0.25) is 14.5 Å². The smallest absolute Gasteiger partial charge is 0.189 e. The standard InChI is InChI=1S/C17H20N2O5.C17H20N2O4.C16H18N2O5.CH4O/c1-18-13-8-12(20)15(21)16-17(13,9-14(22-2)24-16)19-23-10-11-6-4-3-5-7-11;1-11-9-17(19-22-10-12-6-4-3-5-7-12)14(18-2)8-13(20)15(23-11)16(17)21;1-17-12-7-11-14(20)15(21)16(12,8-13(19)23-11)18-22-9-10-5-3-2-4-6-10;1-2/h3-8,12,14-16,19-21H,9-10H2,2H3;3-8,11,13,15-16,19-21H,9-10H2,1H3;2-7,11,13-15,18-21H,8-9H2;2H,1H3/t12?,14-,15+,16?,17-;11-,13?,15+,16?,17-;11?,13-,14-,15?,16-;/m001./s1. The molecular weight excluding hydrogens is 937 g/mol. The molecule has 15 atom stereocenters. The summed E-state index contributed by atoms with van der Waals surface area (Å²) < 4.78 is 21.8. The molecule has 10 rings (SSSR count). The van der Waals surface area contributed by atoms with Gasteiger partial charge >= 0.3 is 0 Å². The summed E-state index contributed by atoms with van der Waals surface area (Å²) in [4.78, 5) is 27.1. The van der Waals surface area contributed by atoms with Crippen molar-refractivity contribution >= 4 is 0 Å². The van der Waals surface area contributed by atoms with Gasteiger partial charge in [-0.05, 0) is 36.1 Å². The zero-order valence-corrected chi connectivity index (χ0v) is 39.8. The molecule has 0 aromatic heterocycles. The predicted molar refractivity (Wildman–Crippen MR) is 254 cm³/mol. The van der Waals surface area contributed by atoms with E-state index in [4.69, 9.17) is 58.3 Å². The first-order chi connectivity index (χ1) is 34.7. The van der Waals surface area contributed by atoms with Gasteiger partial charge in [-0.1, -0.05) is 103 Å². The van der Waals surface area contributed by atoms with Gasteiger partial charge in [0.25, 0.3) is 0 Å². The van der Waals surface area contributed by atoms with Gasteiger partial charge in [0.1, 0.15) is 41.0 Å². The number of methoxy groups -OCH3 is 1. The van der Waals surface area contributed by atoms with Crippen molar-refractivity contribution in [2.24, 2.45) is 0 Å². The molecule has 4 aliphatic heterocycles. The fourth-order valence-corrected chi connectivity index (χ4v) is 9.44. The number of nitrogens with zero attached hydrogens (tertiary/aromatic N) is 3. The molecule has 11 N–H and O–H groups in total. The topological polar surface area (TPSA) is 276 Å². The van der Waals surface area contributed by atoms with Gasteiger partial charge in [-0.2, -0.15) is 16.4 Å².